The van der Waals surface area contributed by atoms with Crippen molar-refractivity contribution in [3.63, 3.8) is 0 Å². The number of pyridine rings is 2. The molecule has 1 unspecified atom stereocenters. The number of fused-ring (bicyclic) bond motifs is 2. The fourth-order valence-corrected chi connectivity index (χ4v) is 5.86. The van der Waals surface area contributed by atoms with Crippen LogP contribution in [0.3, 0.4) is 0 Å². The Bertz CT molecular complexity index is 1840. The van der Waals surface area contributed by atoms with Crippen molar-refractivity contribution in [3.05, 3.63) is 114 Å². The van der Waals surface area contributed by atoms with E-state index in [1.807, 2.05) is 72.8 Å². The highest BCUT2D eigenvalue weighted by atomic mass is 16.5. The van der Waals surface area contributed by atoms with E-state index in [1.165, 1.54) is 4.90 Å². The highest BCUT2D eigenvalue weighted by Gasteiger charge is 2.47. The van der Waals surface area contributed by atoms with Gasteiger partial charge in [-0.05, 0) is 35.4 Å². The van der Waals surface area contributed by atoms with Crippen LogP contribution in [-0.2, 0) is 29.2 Å². The molecule has 0 saturated carbocycles. The van der Waals surface area contributed by atoms with Crippen molar-refractivity contribution in [3.8, 4) is 11.3 Å². The van der Waals surface area contributed by atoms with E-state index in [9.17, 15) is 14.4 Å². The van der Waals surface area contributed by atoms with Crippen molar-refractivity contribution in [1.29, 1.82) is 0 Å². The molecule has 0 radical (unpaired) electrons. The van der Waals surface area contributed by atoms with Crippen molar-refractivity contribution >= 4 is 28.7 Å². The number of piperazine rings is 1. The van der Waals surface area contributed by atoms with Crippen LogP contribution in [0.15, 0.2) is 102 Å². The maximum Gasteiger partial charge on any atom is 0.334 e. The number of nitrogens with one attached hydrogen (secondary N) is 1. The third kappa shape index (κ3) is 5.83. The van der Waals surface area contributed by atoms with Gasteiger partial charge in [-0.1, -0.05) is 53.7 Å². The Morgan fingerprint density at radius 2 is 1.73 bits per heavy atom. The number of benzene rings is 2. The van der Waals surface area contributed by atoms with Crippen LogP contribution in [0.5, 0.6) is 0 Å². The molecule has 4 amide bonds. The Labute approximate surface area is 258 Å². The highest BCUT2D eigenvalue weighted by molar-refractivity contribution is 5.89. The number of aromatic nitrogens is 3. The van der Waals surface area contributed by atoms with Gasteiger partial charge in [0.1, 0.15) is 18.4 Å². The van der Waals surface area contributed by atoms with Gasteiger partial charge < -0.3 is 19.6 Å². The zero-order valence-corrected chi connectivity index (χ0v) is 24.3. The number of hydrogen-bond acceptors (Lipinski definition) is 8. The molecule has 7 rings (SSSR count). The summed E-state index contributed by atoms with van der Waals surface area (Å²) in [5.74, 6) is 0.0510. The van der Waals surface area contributed by atoms with E-state index in [1.54, 1.807) is 39.6 Å². The molecule has 3 aromatic heterocycles. The summed E-state index contributed by atoms with van der Waals surface area (Å²) in [5.41, 5.74) is 4.16. The standard InChI is InChI=1S/C33H30N8O4/c42-31-22-40-30(20-38(31)18-25-8-4-10-28-27(25)9-5-13-35-28)41(33(44)36-17-23-6-2-1-3-7-23)39(21-32(40)43)19-26-16-29(37-45-26)24-11-14-34-15-12-24/h1-16,30H,17-22H2,(H,36,44). The second kappa shape index (κ2) is 12.2. The summed E-state index contributed by atoms with van der Waals surface area (Å²) in [6.07, 6.45) is 4.35. The van der Waals surface area contributed by atoms with Crippen molar-refractivity contribution < 1.29 is 18.9 Å². The molecule has 2 fully saturated rings. The fraction of sp³-hybridized carbons (Fsp3) is 0.212. The molecule has 0 aliphatic carbocycles. The maximum atomic E-state index is 14.0. The largest absolute Gasteiger partial charge is 0.359 e. The van der Waals surface area contributed by atoms with E-state index < -0.39 is 6.17 Å². The monoisotopic (exact) mass is 602 g/mol. The SMILES string of the molecule is O=C1CN2C(=O)CN(Cc3cc(-c4ccncc4)no3)N(C(=O)NCc3ccccc3)C2CN1Cc1cccc2ncccc12. The van der Waals surface area contributed by atoms with Gasteiger partial charge in [0, 0.05) is 48.7 Å². The first-order valence-electron chi connectivity index (χ1n) is 14.7. The molecule has 1 atom stereocenters. The first kappa shape index (κ1) is 28.2. The summed E-state index contributed by atoms with van der Waals surface area (Å²) in [7, 11) is 0. The molecular weight excluding hydrogens is 572 g/mol. The van der Waals surface area contributed by atoms with Gasteiger partial charge in [-0.25, -0.2) is 9.80 Å². The summed E-state index contributed by atoms with van der Waals surface area (Å²) < 4.78 is 5.64. The van der Waals surface area contributed by atoms with Gasteiger partial charge in [-0.15, -0.1) is 0 Å². The minimum absolute atomic E-state index is 0.108. The van der Waals surface area contributed by atoms with Crippen LogP contribution in [0.2, 0.25) is 0 Å². The quantitative estimate of drug-likeness (QED) is 0.300. The van der Waals surface area contributed by atoms with E-state index >= 15 is 0 Å². The summed E-state index contributed by atoms with van der Waals surface area (Å²) in [6.45, 7) is 0.632. The molecule has 2 aromatic carbocycles. The van der Waals surface area contributed by atoms with Crippen LogP contribution in [-0.4, -0.2) is 78.6 Å². The summed E-state index contributed by atoms with van der Waals surface area (Å²) >= 11 is 0. The summed E-state index contributed by atoms with van der Waals surface area (Å²) in [5, 5.41) is 11.4. The maximum absolute atomic E-state index is 14.0. The molecule has 0 bridgehead atoms. The van der Waals surface area contributed by atoms with Crippen LogP contribution in [0.4, 0.5) is 4.79 Å². The average Bonchev–Trinajstić information content (AvgIpc) is 3.54. The van der Waals surface area contributed by atoms with E-state index in [-0.39, 0.29) is 44.0 Å². The van der Waals surface area contributed by atoms with Crippen molar-refractivity contribution in [1.82, 2.24) is 40.3 Å². The topological polar surface area (TPSA) is 128 Å². The Morgan fingerprint density at radius 3 is 2.58 bits per heavy atom. The second-order valence-electron chi connectivity index (χ2n) is 11.0. The number of amides is 4. The van der Waals surface area contributed by atoms with Gasteiger partial charge >= 0.3 is 6.03 Å². The van der Waals surface area contributed by atoms with Gasteiger partial charge in [0.2, 0.25) is 11.8 Å². The molecule has 2 aliphatic heterocycles. The lowest BCUT2D eigenvalue weighted by molar-refractivity contribution is -0.184. The first-order valence-corrected chi connectivity index (χ1v) is 14.7. The van der Waals surface area contributed by atoms with E-state index in [2.05, 4.69) is 20.4 Å². The lowest BCUT2D eigenvalue weighted by Crippen LogP contribution is -2.73. The molecule has 1 N–H and O–H groups in total. The Balaban J connectivity index is 1.17. The van der Waals surface area contributed by atoms with Gasteiger partial charge in [-0.3, -0.25) is 19.6 Å². The van der Waals surface area contributed by atoms with Gasteiger partial charge in [0.05, 0.1) is 25.2 Å². The van der Waals surface area contributed by atoms with Crippen LogP contribution < -0.4 is 5.32 Å². The molecule has 2 aliphatic rings. The minimum atomic E-state index is -0.726. The minimum Gasteiger partial charge on any atom is -0.359 e. The summed E-state index contributed by atoms with van der Waals surface area (Å²) in [6, 6.07) is 24.3. The summed E-state index contributed by atoms with van der Waals surface area (Å²) in [4.78, 5) is 52.5. The Hall–Kier alpha value is -5.62. The van der Waals surface area contributed by atoms with Crippen LogP contribution >= 0.6 is 0 Å². The molecule has 0 spiro atoms. The molecule has 5 heterocycles. The number of carbonyl (C=O) groups is 3. The van der Waals surface area contributed by atoms with E-state index in [0.717, 1.165) is 27.6 Å². The molecular formula is C33H30N8O4. The number of nitrogens with zero attached hydrogens (tertiary/aromatic N) is 7. The number of hydrogen-bond donors (Lipinski definition) is 1. The second-order valence-corrected chi connectivity index (χ2v) is 11.0. The predicted octanol–water partition coefficient (Wildman–Crippen LogP) is 3.42. The van der Waals surface area contributed by atoms with Crippen molar-refractivity contribution in [2.45, 2.75) is 25.8 Å². The molecule has 2 saturated heterocycles. The first-order chi connectivity index (χ1) is 22.0. The number of urea groups is 1. The molecule has 12 nitrogen and oxygen atoms in total. The molecule has 5 aromatic rings. The predicted molar refractivity (Wildman–Crippen MR) is 163 cm³/mol. The number of carbonyl (C=O) groups excluding carboxylic acids is 3. The van der Waals surface area contributed by atoms with Crippen LogP contribution in [0, 0.1) is 0 Å². The van der Waals surface area contributed by atoms with Gasteiger partial charge in [0.25, 0.3) is 0 Å². The van der Waals surface area contributed by atoms with Crippen LogP contribution in [0.1, 0.15) is 16.9 Å². The molecule has 45 heavy (non-hydrogen) atoms. The fourth-order valence-electron chi connectivity index (χ4n) is 5.86. The number of hydrazine groups is 1. The molecule has 226 valence electrons. The Morgan fingerprint density at radius 1 is 0.889 bits per heavy atom. The van der Waals surface area contributed by atoms with Crippen LogP contribution in [0.25, 0.3) is 22.2 Å². The average molecular weight is 603 g/mol. The van der Waals surface area contributed by atoms with Gasteiger partial charge in [-0.2, -0.15) is 5.01 Å². The van der Waals surface area contributed by atoms with Crippen molar-refractivity contribution in [2.75, 3.05) is 19.6 Å². The lowest BCUT2D eigenvalue weighted by Gasteiger charge is -2.52. The Kier molecular flexibility index (Phi) is 7.62. The molecule has 12 heteroatoms. The van der Waals surface area contributed by atoms with Crippen molar-refractivity contribution in [2.24, 2.45) is 0 Å². The van der Waals surface area contributed by atoms with E-state index in [4.69, 9.17) is 4.52 Å². The number of rotatable bonds is 7. The van der Waals surface area contributed by atoms with Gasteiger partial charge in [0.15, 0.2) is 5.76 Å². The highest BCUT2D eigenvalue weighted by Crippen LogP contribution is 2.27. The third-order valence-electron chi connectivity index (χ3n) is 8.09. The normalized spacial score (nSPS) is 17.1. The smallest absolute Gasteiger partial charge is 0.334 e. The third-order valence-corrected chi connectivity index (χ3v) is 8.09. The lowest BCUT2D eigenvalue weighted by atomic mass is 10.1. The zero-order chi connectivity index (χ0) is 30.8. The zero-order valence-electron chi connectivity index (χ0n) is 24.3. The van der Waals surface area contributed by atoms with E-state index in [0.29, 0.717) is 24.5 Å².